The molecule has 0 fully saturated rings. The molecule has 0 spiro atoms. The fraction of sp³-hybridized carbons (Fsp3) is 0.222. The Balaban J connectivity index is 2.00. The van der Waals surface area contributed by atoms with Crippen LogP contribution in [0, 0.1) is 6.92 Å². The molecule has 0 bridgehead atoms. The van der Waals surface area contributed by atoms with Crippen molar-refractivity contribution in [3.63, 3.8) is 0 Å². The van der Waals surface area contributed by atoms with Crippen LogP contribution in [0.2, 0.25) is 5.02 Å². The number of aliphatic hydroxyl groups is 1. The smallest absolute Gasteiger partial charge is 0.427 e. The highest BCUT2D eigenvalue weighted by molar-refractivity contribution is 6.31. The van der Waals surface area contributed by atoms with Gasteiger partial charge in [-0.25, -0.2) is 10.2 Å². The summed E-state index contributed by atoms with van der Waals surface area (Å²) < 4.78 is 15.3. The molecule has 0 aliphatic carbocycles. The lowest BCUT2D eigenvalue weighted by atomic mass is 9.73. The number of anilines is 1. The summed E-state index contributed by atoms with van der Waals surface area (Å²) in [6, 6.07) is 17.0. The standard InChI is InChI=1S/C27H26ClN3O6/c1-15-13-18(28)14-21-23(15)29-25(32)27(21,34)22(16-5-9-19(35-2)10-6-16)24(30-31-26(33)37-4)17-7-11-20(36-3)12-8-17/h5-14,22,34H,1-4H3,(H,29,32)(H,31,33)/b30-24-/t22-,27-/m1/s1. The van der Waals surface area contributed by atoms with E-state index in [9.17, 15) is 14.7 Å². The van der Waals surface area contributed by atoms with E-state index in [1.165, 1.54) is 21.3 Å². The van der Waals surface area contributed by atoms with Crippen LogP contribution in [0.3, 0.4) is 0 Å². The fourth-order valence-corrected chi connectivity index (χ4v) is 4.70. The summed E-state index contributed by atoms with van der Waals surface area (Å²) in [6.45, 7) is 1.79. The van der Waals surface area contributed by atoms with Crippen LogP contribution in [0.25, 0.3) is 0 Å². The number of fused-ring (bicyclic) bond motifs is 1. The lowest BCUT2D eigenvalue weighted by Gasteiger charge is -2.33. The highest BCUT2D eigenvalue weighted by Gasteiger charge is 2.54. The number of nitrogens with one attached hydrogen (secondary N) is 2. The molecule has 0 radical (unpaired) electrons. The Bertz CT molecular complexity index is 1360. The monoisotopic (exact) mass is 523 g/mol. The topological polar surface area (TPSA) is 118 Å². The molecule has 3 aromatic carbocycles. The molecule has 9 nitrogen and oxygen atoms in total. The van der Waals surface area contributed by atoms with Crippen LogP contribution < -0.4 is 20.2 Å². The summed E-state index contributed by atoms with van der Waals surface area (Å²) in [5.74, 6) is -0.577. The van der Waals surface area contributed by atoms with Crippen molar-refractivity contribution in [3.05, 3.63) is 87.9 Å². The van der Waals surface area contributed by atoms with Crippen molar-refractivity contribution in [2.75, 3.05) is 26.6 Å². The lowest BCUT2D eigenvalue weighted by Crippen LogP contribution is -2.44. The maximum absolute atomic E-state index is 13.6. The first kappa shape index (κ1) is 26.0. The second-order valence-corrected chi connectivity index (χ2v) is 8.84. The van der Waals surface area contributed by atoms with Gasteiger partial charge in [0.25, 0.3) is 5.91 Å². The van der Waals surface area contributed by atoms with Crippen molar-refractivity contribution in [2.24, 2.45) is 5.10 Å². The van der Waals surface area contributed by atoms with Gasteiger partial charge < -0.3 is 24.6 Å². The number of hydrogen-bond acceptors (Lipinski definition) is 7. The fourth-order valence-electron chi connectivity index (χ4n) is 4.43. The molecule has 37 heavy (non-hydrogen) atoms. The van der Waals surface area contributed by atoms with Gasteiger partial charge in [-0.15, -0.1) is 0 Å². The molecule has 1 aliphatic rings. The third-order valence-electron chi connectivity index (χ3n) is 6.27. The van der Waals surface area contributed by atoms with Crippen molar-refractivity contribution < 1.29 is 28.9 Å². The Labute approximate surface area is 219 Å². The molecule has 0 saturated carbocycles. The largest absolute Gasteiger partial charge is 0.497 e. The van der Waals surface area contributed by atoms with Gasteiger partial charge in [-0.3, -0.25) is 4.79 Å². The number of carbonyl (C=O) groups excluding carboxylic acids is 2. The lowest BCUT2D eigenvalue weighted by molar-refractivity contribution is -0.134. The third-order valence-corrected chi connectivity index (χ3v) is 6.49. The number of ether oxygens (including phenoxy) is 3. The van der Waals surface area contributed by atoms with Crippen LogP contribution in [-0.4, -0.2) is 44.1 Å². The quantitative estimate of drug-likeness (QED) is 0.313. The van der Waals surface area contributed by atoms with E-state index in [0.29, 0.717) is 44.5 Å². The molecule has 1 aliphatic heterocycles. The van der Waals surface area contributed by atoms with E-state index < -0.39 is 23.5 Å². The van der Waals surface area contributed by atoms with Crippen LogP contribution in [-0.2, 0) is 15.1 Å². The summed E-state index contributed by atoms with van der Waals surface area (Å²) in [6.07, 6.45) is -0.818. The number of methoxy groups -OCH3 is 3. The molecular weight excluding hydrogens is 498 g/mol. The van der Waals surface area contributed by atoms with E-state index in [2.05, 4.69) is 15.8 Å². The second kappa shape index (κ2) is 10.5. The first-order valence-corrected chi connectivity index (χ1v) is 11.6. The molecule has 192 valence electrons. The van der Waals surface area contributed by atoms with Crippen LogP contribution in [0.15, 0.2) is 65.8 Å². The van der Waals surface area contributed by atoms with Gasteiger partial charge in [0.1, 0.15) is 11.5 Å². The van der Waals surface area contributed by atoms with Gasteiger partial charge in [0.05, 0.1) is 38.6 Å². The van der Waals surface area contributed by atoms with Gasteiger partial charge in [0, 0.05) is 10.6 Å². The highest BCUT2D eigenvalue weighted by atomic mass is 35.5. The first-order valence-electron chi connectivity index (χ1n) is 11.3. The normalized spacial score (nSPS) is 17.5. The van der Waals surface area contributed by atoms with Crippen LogP contribution >= 0.6 is 11.6 Å². The Morgan fingerprint density at radius 1 is 1.03 bits per heavy atom. The van der Waals surface area contributed by atoms with Crippen molar-refractivity contribution in [1.29, 1.82) is 0 Å². The highest BCUT2D eigenvalue weighted by Crippen LogP contribution is 2.49. The predicted molar refractivity (Wildman–Crippen MR) is 140 cm³/mol. The molecule has 0 saturated heterocycles. The zero-order valence-corrected chi connectivity index (χ0v) is 21.4. The maximum Gasteiger partial charge on any atom is 0.427 e. The molecular formula is C27H26ClN3O6. The van der Waals surface area contributed by atoms with Crippen molar-refractivity contribution >= 4 is 35.0 Å². The zero-order valence-electron chi connectivity index (χ0n) is 20.7. The summed E-state index contributed by atoms with van der Waals surface area (Å²) >= 11 is 6.36. The van der Waals surface area contributed by atoms with E-state index in [-0.39, 0.29) is 5.71 Å². The van der Waals surface area contributed by atoms with Gasteiger partial charge in [-0.2, -0.15) is 5.10 Å². The van der Waals surface area contributed by atoms with Crippen LogP contribution in [0.4, 0.5) is 10.5 Å². The molecule has 2 atom stereocenters. The van der Waals surface area contributed by atoms with Crippen molar-refractivity contribution in [3.8, 4) is 11.5 Å². The van der Waals surface area contributed by atoms with Gasteiger partial charge in [0.15, 0.2) is 5.60 Å². The number of rotatable bonds is 7. The molecule has 1 heterocycles. The Kier molecular flexibility index (Phi) is 7.37. The van der Waals surface area contributed by atoms with E-state index in [1.54, 1.807) is 67.6 Å². The number of benzene rings is 3. The third kappa shape index (κ3) is 4.83. The molecule has 3 N–H and O–H groups in total. The van der Waals surface area contributed by atoms with Gasteiger partial charge in [-0.05, 0) is 72.1 Å². The minimum absolute atomic E-state index is 0.196. The Morgan fingerprint density at radius 2 is 1.62 bits per heavy atom. The predicted octanol–water partition coefficient (Wildman–Crippen LogP) is 4.35. The first-order chi connectivity index (χ1) is 17.7. The van der Waals surface area contributed by atoms with E-state index in [4.69, 9.17) is 25.8 Å². The number of halogens is 1. The molecule has 4 rings (SSSR count). The van der Waals surface area contributed by atoms with Crippen molar-refractivity contribution in [2.45, 2.75) is 18.4 Å². The summed E-state index contributed by atoms with van der Waals surface area (Å²) in [5, 5.41) is 19.8. The van der Waals surface area contributed by atoms with Crippen molar-refractivity contribution in [1.82, 2.24) is 5.43 Å². The second-order valence-electron chi connectivity index (χ2n) is 8.40. The number of hydrogen-bond donors (Lipinski definition) is 3. The minimum Gasteiger partial charge on any atom is -0.497 e. The Morgan fingerprint density at radius 3 is 2.19 bits per heavy atom. The molecule has 2 amide bonds. The number of amides is 2. The van der Waals surface area contributed by atoms with E-state index >= 15 is 0 Å². The number of nitrogens with zero attached hydrogens (tertiary/aromatic N) is 1. The zero-order chi connectivity index (χ0) is 26.7. The van der Waals surface area contributed by atoms with Crippen LogP contribution in [0.1, 0.15) is 28.2 Å². The minimum atomic E-state index is -2.14. The summed E-state index contributed by atoms with van der Waals surface area (Å²) in [4.78, 5) is 25.6. The number of aryl methyl sites for hydroxylation is 1. The number of hydrazone groups is 1. The van der Waals surface area contributed by atoms with E-state index in [1.807, 2.05) is 0 Å². The van der Waals surface area contributed by atoms with Gasteiger partial charge in [0.2, 0.25) is 0 Å². The summed E-state index contributed by atoms with van der Waals surface area (Å²) in [5.41, 5.74) is 2.89. The molecule has 10 heteroatoms. The van der Waals surface area contributed by atoms with E-state index in [0.717, 1.165) is 0 Å². The maximum atomic E-state index is 13.6. The molecule has 3 aromatic rings. The summed E-state index contributed by atoms with van der Waals surface area (Å²) in [7, 11) is 4.28. The Hall–Kier alpha value is -4.08. The van der Waals surface area contributed by atoms with Gasteiger partial charge in [-0.1, -0.05) is 23.7 Å². The van der Waals surface area contributed by atoms with Crippen LogP contribution in [0.5, 0.6) is 11.5 Å². The number of carbonyl (C=O) groups is 2. The average molecular weight is 524 g/mol. The molecule has 0 aromatic heterocycles. The molecule has 0 unspecified atom stereocenters. The SMILES string of the molecule is COC(=O)N/N=C(/c1ccc(OC)cc1)[C@@H](c1ccc(OC)cc1)[C@@]1(O)C(=O)Nc2c(C)cc(Cl)cc21. The van der Waals surface area contributed by atoms with Gasteiger partial charge >= 0.3 is 6.09 Å². The average Bonchev–Trinajstić information content (AvgIpc) is 3.17.